The maximum Gasteiger partial charge on any atom is 0.238 e. The van der Waals surface area contributed by atoms with Crippen molar-refractivity contribution in [2.45, 2.75) is 4.90 Å². The molecule has 0 bridgehead atoms. The third kappa shape index (κ3) is 3.99. The van der Waals surface area contributed by atoms with E-state index in [0.717, 1.165) is 0 Å². The predicted molar refractivity (Wildman–Crippen MR) is 93.7 cm³/mol. The maximum absolute atomic E-state index is 13.8. The molecule has 1 saturated heterocycles. The lowest BCUT2D eigenvalue weighted by molar-refractivity contribution is -0.128. The number of piperazine rings is 1. The number of hydrogen-bond acceptors (Lipinski definition) is 4. The molecule has 1 heterocycles. The Morgan fingerprint density at radius 2 is 1.52 bits per heavy atom. The van der Waals surface area contributed by atoms with E-state index in [-0.39, 0.29) is 10.7 Å². The molecule has 0 unspecified atom stereocenters. The van der Waals surface area contributed by atoms with E-state index in [1.54, 1.807) is 36.4 Å². The Morgan fingerprint density at radius 3 is 2.16 bits per heavy atom. The third-order valence-electron chi connectivity index (χ3n) is 4.24. The number of benzene rings is 2. The summed E-state index contributed by atoms with van der Waals surface area (Å²) < 4.78 is 38.5. The van der Waals surface area contributed by atoms with Crippen LogP contribution in [0.25, 0.3) is 0 Å². The summed E-state index contributed by atoms with van der Waals surface area (Å²) in [4.78, 5) is 15.9. The van der Waals surface area contributed by atoms with Crippen molar-refractivity contribution in [1.29, 1.82) is 0 Å². The van der Waals surface area contributed by atoms with Gasteiger partial charge in [-0.15, -0.1) is 0 Å². The highest BCUT2D eigenvalue weighted by molar-refractivity contribution is 7.92. The fourth-order valence-electron chi connectivity index (χ4n) is 2.87. The summed E-state index contributed by atoms with van der Waals surface area (Å²) in [7, 11) is -3.65. The molecule has 1 fully saturated rings. The fourth-order valence-corrected chi connectivity index (χ4v) is 4.12. The second kappa shape index (κ2) is 7.23. The Kier molecular flexibility index (Phi) is 5.03. The van der Waals surface area contributed by atoms with Crippen LogP contribution in [0.15, 0.2) is 59.5 Å². The van der Waals surface area contributed by atoms with Gasteiger partial charge in [-0.2, -0.15) is 0 Å². The molecule has 0 saturated carbocycles. The van der Waals surface area contributed by atoms with Crippen LogP contribution in [0.1, 0.15) is 0 Å². The molecule has 0 aromatic heterocycles. The Hall–Kier alpha value is -2.41. The van der Waals surface area contributed by atoms with Gasteiger partial charge in [0.25, 0.3) is 0 Å². The molecule has 5 nitrogen and oxygen atoms in total. The minimum Gasteiger partial charge on any atom is -0.366 e. The zero-order valence-electron chi connectivity index (χ0n) is 13.6. The van der Waals surface area contributed by atoms with Gasteiger partial charge in [0.2, 0.25) is 5.91 Å². The van der Waals surface area contributed by atoms with Crippen LogP contribution < -0.4 is 4.90 Å². The van der Waals surface area contributed by atoms with Crippen LogP contribution in [-0.2, 0) is 14.6 Å². The molecule has 1 aliphatic heterocycles. The van der Waals surface area contributed by atoms with Crippen LogP contribution in [0, 0.1) is 5.82 Å². The molecule has 25 heavy (non-hydrogen) atoms. The van der Waals surface area contributed by atoms with Gasteiger partial charge < -0.3 is 9.80 Å². The van der Waals surface area contributed by atoms with Crippen molar-refractivity contribution in [2.24, 2.45) is 0 Å². The van der Waals surface area contributed by atoms with Gasteiger partial charge in [0.05, 0.1) is 10.6 Å². The molecule has 1 aliphatic rings. The van der Waals surface area contributed by atoms with Gasteiger partial charge in [-0.05, 0) is 24.3 Å². The van der Waals surface area contributed by atoms with E-state index >= 15 is 0 Å². The van der Waals surface area contributed by atoms with Crippen LogP contribution in [0.4, 0.5) is 10.1 Å². The Bertz CT molecular complexity index is 848. The first-order valence-corrected chi connectivity index (χ1v) is 9.68. The standard InChI is InChI=1S/C18H19FN2O3S/c19-16-8-4-5-9-17(16)20-10-12-21(13-11-20)18(22)14-25(23,24)15-6-2-1-3-7-15/h1-9H,10-14H2. The van der Waals surface area contributed by atoms with Gasteiger partial charge in [0.15, 0.2) is 9.84 Å². The number of halogens is 1. The summed E-state index contributed by atoms with van der Waals surface area (Å²) in [6.45, 7) is 1.69. The van der Waals surface area contributed by atoms with Crippen LogP contribution in [0.5, 0.6) is 0 Å². The predicted octanol–water partition coefficient (Wildman–Crippen LogP) is 1.95. The Labute approximate surface area is 146 Å². The number of nitrogens with zero attached hydrogens (tertiary/aromatic N) is 2. The number of amides is 1. The lowest BCUT2D eigenvalue weighted by Gasteiger charge is -2.36. The van der Waals surface area contributed by atoms with Crippen molar-refractivity contribution in [3.8, 4) is 0 Å². The van der Waals surface area contributed by atoms with E-state index < -0.39 is 21.5 Å². The second-order valence-electron chi connectivity index (χ2n) is 5.89. The van der Waals surface area contributed by atoms with E-state index in [1.807, 2.05) is 4.90 Å². The number of sulfone groups is 1. The smallest absolute Gasteiger partial charge is 0.238 e. The Balaban J connectivity index is 1.61. The molecule has 132 valence electrons. The average molecular weight is 362 g/mol. The van der Waals surface area contributed by atoms with Crippen molar-refractivity contribution >= 4 is 21.4 Å². The van der Waals surface area contributed by atoms with Gasteiger partial charge >= 0.3 is 0 Å². The van der Waals surface area contributed by atoms with Gasteiger partial charge in [-0.3, -0.25) is 4.79 Å². The van der Waals surface area contributed by atoms with Gasteiger partial charge in [-0.25, -0.2) is 12.8 Å². The van der Waals surface area contributed by atoms with Gasteiger partial charge in [-0.1, -0.05) is 30.3 Å². The summed E-state index contributed by atoms with van der Waals surface area (Å²) >= 11 is 0. The summed E-state index contributed by atoms with van der Waals surface area (Å²) in [5.41, 5.74) is 0.506. The highest BCUT2D eigenvalue weighted by atomic mass is 32.2. The second-order valence-corrected chi connectivity index (χ2v) is 7.88. The summed E-state index contributed by atoms with van der Waals surface area (Å²) in [5.74, 6) is -1.26. The maximum atomic E-state index is 13.8. The van der Waals surface area contributed by atoms with E-state index in [1.165, 1.54) is 23.1 Å². The summed E-state index contributed by atoms with van der Waals surface area (Å²) in [6.07, 6.45) is 0. The first kappa shape index (κ1) is 17.4. The molecule has 0 spiro atoms. The van der Waals surface area contributed by atoms with Crippen LogP contribution in [0.2, 0.25) is 0 Å². The van der Waals surface area contributed by atoms with Crippen LogP contribution in [0.3, 0.4) is 0 Å². The lowest BCUT2D eigenvalue weighted by Crippen LogP contribution is -2.50. The summed E-state index contributed by atoms with van der Waals surface area (Å²) in [5, 5.41) is 0. The van der Waals surface area contributed by atoms with Crippen LogP contribution in [-0.4, -0.2) is 51.2 Å². The molecular formula is C18H19FN2O3S. The monoisotopic (exact) mass is 362 g/mol. The molecule has 0 N–H and O–H groups in total. The third-order valence-corrected chi connectivity index (χ3v) is 5.86. The summed E-state index contributed by atoms with van der Waals surface area (Å²) in [6, 6.07) is 14.5. The highest BCUT2D eigenvalue weighted by Gasteiger charge is 2.27. The fraction of sp³-hybridized carbons (Fsp3) is 0.278. The van der Waals surface area contributed by atoms with Crippen molar-refractivity contribution in [3.05, 3.63) is 60.4 Å². The molecule has 2 aromatic rings. The lowest BCUT2D eigenvalue weighted by atomic mass is 10.2. The van der Waals surface area contributed by atoms with E-state index in [9.17, 15) is 17.6 Å². The molecular weight excluding hydrogens is 343 g/mol. The SMILES string of the molecule is O=C(CS(=O)(=O)c1ccccc1)N1CCN(c2ccccc2F)CC1. The van der Waals surface area contributed by atoms with Crippen molar-refractivity contribution < 1.29 is 17.6 Å². The number of para-hydroxylation sites is 1. The van der Waals surface area contributed by atoms with E-state index in [0.29, 0.717) is 31.9 Å². The number of hydrogen-bond donors (Lipinski definition) is 0. The quantitative estimate of drug-likeness (QED) is 0.834. The van der Waals surface area contributed by atoms with E-state index in [2.05, 4.69) is 0 Å². The topological polar surface area (TPSA) is 57.7 Å². The van der Waals surface area contributed by atoms with Crippen LogP contribution >= 0.6 is 0 Å². The highest BCUT2D eigenvalue weighted by Crippen LogP contribution is 2.20. The van der Waals surface area contributed by atoms with Crippen molar-refractivity contribution in [3.63, 3.8) is 0 Å². The van der Waals surface area contributed by atoms with Gasteiger partial charge in [0, 0.05) is 26.2 Å². The molecule has 1 amide bonds. The van der Waals surface area contributed by atoms with Crippen molar-refractivity contribution in [2.75, 3.05) is 36.8 Å². The number of anilines is 1. The first-order chi connectivity index (χ1) is 12.0. The zero-order valence-corrected chi connectivity index (χ0v) is 14.5. The van der Waals surface area contributed by atoms with Gasteiger partial charge in [0.1, 0.15) is 11.6 Å². The normalized spacial score (nSPS) is 15.2. The minimum absolute atomic E-state index is 0.147. The molecule has 2 aromatic carbocycles. The molecule has 3 rings (SSSR count). The van der Waals surface area contributed by atoms with Crippen molar-refractivity contribution in [1.82, 2.24) is 4.90 Å². The molecule has 0 radical (unpaired) electrons. The average Bonchev–Trinajstić information content (AvgIpc) is 2.63. The minimum atomic E-state index is -3.65. The van der Waals surface area contributed by atoms with E-state index in [4.69, 9.17) is 0 Å². The zero-order chi connectivity index (χ0) is 17.9. The molecule has 0 atom stereocenters. The number of carbonyl (C=O) groups excluding carboxylic acids is 1. The number of rotatable bonds is 4. The molecule has 7 heteroatoms. The largest absolute Gasteiger partial charge is 0.366 e. The Morgan fingerprint density at radius 1 is 0.920 bits per heavy atom. The molecule has 0 aliphatic carbocycles. The number of carbonyl (C=O) groups is 1. The first-order valence-electron chi connectivity index (χ1n) is 8.02.